The first-order chi connectivity index (χ1) is 14.1. The van der Waals surface area contributed by atoms with Crippen LogP contribution in [0.3, 0.4) is 0 Å². The highest BCUT2D eigenvalue weighted by Gasteiger charge is 2.46. The molecule has 2 fully saturated rings. The molecule has 0 saturated carbocycles. The molecule has 1 amide bonds. The van der Waals surface area contributed by atoms with Gasteiger partial charge in [0.15, 0.2) is 0 Å². The lowest BCUT2D eigenvalue weighted by Gasteiger charge is -2.52. The van der Waals surface area contributed by atoms with Crippen molar-refractivity contribution in [2.24, 2.45) is 5.41 Å². The van der Waals surface area contributed by atoms with Crippen molar-refractivity contribution in [3.05, 3.63) is 35.3 Å². The minimum absolute atomic E-state index is 0.0301. The van der Waals surface area contributed by atoms with Crippen LogP contribution in [0.15, 0.2) is 29.6 Å². The van der Waals surface area contributed by atoms with E-state index in [1.807, 2.05) is 22.4 Å². The van der Waals surface area contributed by atoms with E-state index < -0.39 is 12.1 Å². The number of alkyl halides is 3. The maximum absolute atomic E-state index is 12.6. The second-order valence-electron chi connectivity index (χ2n) is 7.33. The maximum Gasteiger partial charge on any atom is 0.490 e. The zero-order chi connectivity index (χ0) is 21.9. The Balaban J connectivity index is 0.000000318. The third-order valence-corrected chi connectivity index (χ3v) is 5.87. The molecule has 2 aliphatic heterocycles. The lowest BCUT2D eigenvalue weighted by atomic mass is 9.74. The summed E-state index contributed by atoms with van der Waals surface area (Å²) < 4.78 is 31.7. The molecule has 1 spiro atoms. The summed E-state index contributed by atoms with van der Waals surface area (Å²) >= 11 is 1.46. The van der Waals surface area contributed by atoms with Crippen LogP contribution in [-0.2, 0) is 4.79 Å². The number of nitrogens with one attached hydrogen (secondary N) is 1. The van der Waals surface area contributed by atoms with Crippen molar-refractivity contribution in [2.45, 2.75) is 19.0 Å². The molecule has 2 aliphatic rings. The number of benzene rings is 1. The van der Waals surface area contributed by atoms with Gasteiger partial charge in [0.05, 0.1) is 0 Å². The van der Waals surface area contributed by atoms with E-state index in [9.17, 15) is 23.1 Å². The molecule has 4 rings (SSSR count). The normalized spacial score (nSPS) is 17.6. The van der Waals surface area contributed by atoms with Gasteiger partial charge in [-0.3, -0.25) is 4.79 Å². The van der Waals surface area contributed by atoms with Gasteiger partial charge in [-0.25, -0.2) is 9.78 Å². The Kier molecular flexibility index (Phi) is 6.32. The Morgan fingerprint density at radius 2 is 1.83 bits per heavy atom. The molecular weight excluding hydrogens is 423 g/mol. The number of carboxylic acid groups (broad SMARTS) is 1. The molecule has 3 heterocycles. The van der Waals surface area contributed by atoms with Gasteiger partial charge in [0, 0.05) is 36.0 Å². The molecule has 11 heteroatoms. The van der Waals surface area contributed by atoms with Gasteiger partial charge in [-0.15, -0.1) is 11.3 Å². The fraction of sp³-hybridized carbons (Fsp3) is 0.421. The van der Waals surface area contributed by atoms with Crippen LogP contribution in [0.4, 0.5) is 13.2 Å². The van der Waals surface area contributed by atoms with Crippen LogP contribution < -0.4 is 5.32 Å². The topological polar surface area (TPSA) is 103 Å². The first kappa shape index (κ1) is 22.0. The van der Waals surface area contributed by atoms with E-state index in [0.29, 0.717) is 11.1 Å². The van der Waals surface area contributed by atoms with Crippen molar-refractivity contribution in [3.8, 4) is 16.3 Å². The number of likely N-dealkylation sites (tertiary alicyclic amines) is 1. The predicted molar refractivity (Wildman–Crippen MR) is 103 cm³/mol. The molecule has 3 N–H and O–H groups in total. The molecule has 0 unspecified atom stereocenters. The number of carbonyl (C=O) groups excluding carboxylic acids is 1. The molecule has 1 aromatic carbocycles. The van der Waals surface area contributed by atoms with E-state index in [0.717, 1.165) is 36.8 Å². The lowest BCUT2D eigenvalue weighted by Crippen LogP contribution is -2.63. The number of aromatic hydroxyl groups is 1. The molecule has 0 atom stereocenters. The summed E-state index contributed by atoms with van der Waals surface area (Å²) in [6.07, 6.45) is -2.68. The van der Waals surface area contributed by atoms with E-state index in [1.54, 1.807) is 12.1 Å². The summed E-state index contributed by atoms with van der Waals surface area (Å²) in [4.78, 5) is 27.8. The van der Waals surface area contributed by atoms with Crippen molar-refractivity contribution >= 4 is 23.2 Å². The number of aromatic nitrogens is 1. The summed E-state index contributed by atoms with van der Waals surface area (Å²) in [6.45, 7) is 3.79. The molecular formula is C19H20F3N3O4S. The van der Waals surface area contributed by atoms with Crippen LogP contribution >= 0.6 is 11.3 Å². The number of thiazole rings is 1. The standard InChI is InChI=1S/C17H19N3O2S.C2HF3O2/c21-13-4-2-12(3-5-13)15-19-14(8-23-15)16(22)20-10-17(11-20)6-1-7-18-9-17;3-2(4,5)1(6)7/h2-5,8,18,21H,1,6-7,9-11H2;(H,6,7). The van der Waals surface area contributed by atoms with Gasteiger partial charge >= 0.3 is 12.1 Å². The molecule has 0 aliphatic carbocycles. The number of carboxylic acids is 1. The molecule has 0 bridgehead atoms. The first-order valence-corrected chi connectivity index (χ1v) is 10.0. The van der Waals surface area contributed by atoms with Crippen LogP contribution in [0, 0.1) is 5.41 Å². The van der Waals surface area contributed by atoms with Gasteiger partial charge in [-0.2, -0.15) is 13.2 Å². The monoisotopic (exact) mass is 443 g/mol. The Labute approximate surface area is 174 Å². The maximum atomic E-state index is 12.6. The Morgan fingerprint density at radius 3 is 2.37 bits per heavy atom. The molecule has 1 aromatic heterocycles. The molecule has 162 valence electrons. The van der Waals surface area contributed by atoms with Gasteiger partial charge in [0.25, 0.3) is 5.91 Å². The van der Waals surface area contributed by atoms with Gasteiger partial charge < -0.3 is 20.4 Å². The lowest BCUT2D eigenvalue weighted by molar-refractivity contribution is -0.192. The van der Waals surface area contributed by atoms with Crippen molar-refractivity contribution in [3.63, 3.8) is 0 Å². The van der Waals surface area contributed by atoms with Crippen LogP contribution in [0.2, 0.25) is 0 Å². The van der Waals surface area contributed by atoms with Gasteiger partial charge in [-0.1, -0.05) is 0 Å². The largest absolute Gasteiger partial charge is 0.508 e. The highest BCUT2D eigenvalue weighted by atomic mass is 32.1. The Bertz CT molecular complexity index is 900. The number of aliphatic carboxylic acids is 1. The number of carbonyl (C=O) groups is 2. The average molecular weight is 443 g/mol. The van der Waals surface area contributed by atoms with E-state index >= 15 is 0 Å². The molecule has 7 nitrogen and oxygen atoms in total. The number of phenolic OH excluding ortho intramolecular Hbond substituents is 1. The second kappa shape index (κ2) is 8.60. The third kappa shape index (κ3) is 5.08. The highest BCUT2D eigenvalue weighted by molar-refractivity contribution is 7.13. The number of phenols is 1. The summed E-state index contributed by atoms with van der Waals surface area (Å²) in [5.41, 5.74) is 1.74. The highest BCUT2D eigenvalue weighted by Crippen LogP contribution is 2.37. The van der Waals surface area contributed by atoms with E-state index in [2.05, 4.69) is 10.3 Å². The summed E-state index contributed by atoms with van der Waals surface area (Å²) in [5.74, 6) is -2.50. The summed E-state index contributed by atoms with van der Waals surface area (Å²) in [6, 6.07) is 6.89. The van der Waals surface area contributed by atoms with Crippen molar-refractivity contribution in [2.75, 3.05) is 26.2 Å². The fourth-order valence-electron chi connectivity index (χ4n) is 3.48. The SMILES string of the molecule is O=C(O)C(F)(F)F.O=C(c1csc(-c2ccc(O)cc2)n1)N1CC2(CCCNC2)C1. The second-order valence-corrected chi connectivity index (χ2v) is 8.19. The van der Waals surface area contributed by atoms with Crippen molar-refractivity contribution in [1.29, 1.82) is 0 Å². The Morgan fingerprint density at radius 1 is 1.20 bits per heavy atom. The number of hydrogen-bond acceptors (Lipinski definition) is 6. The minimum Gasteiger partial charge on any atom is -0.508 e. The smallest absolute Gasteiger partial charge is 0.490 e. The zero-order valence-electron chi connectivity index (χ0n) is 15.8. The van der Waals surface area contributed by atoms with Crippen molar-refractivity contribution < 1.29 is 33.0 Å². The number of piperidine rings is 1. The predicted octanol–water partition coefficient (Wildman–Crippen LogP) is 2.97. The van der Waals surface area contributed by atoms with Crippen LogP contribution in [0.25, 0.3) is 10.6 Å². The number of rotatable bonds is 2. The Hall–Kier alpha value is -2.66. The number of halogens is 3. The first-order valence-electron chi connectivity index (χ1n) is 9.15. The molecule has 30 heavy (non-hydrogen) atoms. The number of nitrogens with zero attached hydrogens (tertiary/aromatic N) is 2. The third-order valence-electron chi connectivity index (χ3n) is 4.98. The quantitative estimate of drug-likeness (QED) is 0.660. The molecule has 0 radical (unpaired) electrons. The van der Waals surface area contributed by atoms with Crippen molar-refractivity contribution in [1.82, 2.24) is 15.2 Å². The van der Waals surface area contributed by atoms with Gasteiger partial charge in [-0.05, 0) is 43.7 Å². The van der Waals surface area contributed by atoms with Crippen LogP contribution in [0.5, 0.6) is 5.75 Å². The van der Waals surface area contributed by atoms with Gasteiger partial charge in [0.1, 0.15) is 16.5 Å². The van der Waals surface area contributed by atoms with Gasteiger partial charge in [0.2, 0.25) is 0 Å². The average Bonchev–Trinajstić information content (AvgIpc) is 3.16. The molecule has 2 aromatic rings. The summed E-state index contributed by atoms with van der Waals surface area (Å²) in [7, 11) is 0. The zero-order valence-corrected chi connectivity index (χ0v) is 16.6. The minimum atomic E-state index is -5.08. The summed E-state index contributed by atoms with van der Waals surface area (Å²) in [5, 5.41) is 22.5. The number of hydrogen-bond donors (Lipinski definition) is 3. The molecule has 2 saturated heterocycles. The van der Waals surface area contributed by atoms with Crippen LogP contribution in [0.1, 0.15) is 23.3 Å². The van der Waals surface area contributed by atoms with Crippen LogP contribution in [-0.4, -0.2) is 64.3 Å². The fourth-order valence-corrected chi connectivity index (χ4v) is 4.28. The van der Waals surface area contributed by atoms with E-state index in [1.165, 1.54) is 24.2 Å². The van der Waals surface area contributed by atoms with E-state index in [4.69, 9.17) is 9.90 Å². The van der Waals surface area contributed by atoms with E-state index in [-0.39, 0.29) is 11.7 Å². The number of amides is 1.